The molecule has 10 rings (SSSR count). The lowest BCUT2D eigenvalue weighted by atomic mass is 10.00. The fourth-order valence-electron chi connectivity index (χ4n) is 7.83. The van der Waals surface area contributed by atoms with E-state index in [0.717, 1.165) is 10.8 Å². The standard InChI is InChI=1S/2C25H22FNO5S/c2*1-16-13-18(26)7-9-20(16)25(24-14-17-5-2-3-6-21(17)32-24)27-33(28,29)19-8-10-22-23(15-19)31-12-4-11-30-22/h2*2-3,5-10,13-15,25,27H,4,11-12H2,1H3/t2*25-/m10/s1. The van der Waals surface area contributed by atoms with Gasteiger partial charge in [0.05, 0.1) is 36.2 Å². The van der Waals surface area contributed by atoms with Crippen molar-refractivity contribution in [3.8, 4) is 23.0 Å². The van der Waals surface area contributed by atoms with E-state index in [1.807, 2.05) is 48.5 Å². The Morgan fingerprint density at radius 1 is 0.470 bits per heavy atom. The zero-order chi connectivity index (χ0) is 46.0. The van der Waals surface area contributed by atoms with Gasteiger partial charge in [0, 0.05) is 35.7 Å². The summed E-state index contributed by atoms with van der Waals surface area (Å²) >= 11 is 0. The molecule has 0 spiro atoms. The number of hydrogen-bond acceptors (Lipinski definition) is 10. The first kappa shape index (κ1) is 44.5. The molecule has 6 aromatic carbocycles. The third kappa shape index (κ3) is 9.63. The van der Waals surface area contributed by atoms with E-state index in [1.165, 1.54) is 48.5 Å². The third-order valence-corrected chi connectivity index (χ3v) is 14.0. The van der Waals surface area contributed by atoms with Gasteiger partial charge in [0.2, 0.25) is 20.0 Å². The van der Waals surface area contributed by atoms with Crippen LogP contribution in [-0.2, 0) is 20.0 Å². The summed E-state index contributed by atoms with van der Waals surface area (Å²) < 4.78 is 121. The lowest BCUT2D eigenvalue weighted by molar-refractivity contribution is 0.296. The van der Waals surface area contributed by atoms with Crippen molar-refractivity contribution in [3.05, 3.63) is 179 Å². The largest absolute Gasteiger partial charge is 0.490 e. The number of sulfonamides is 2. The van der Waals surface area contributed by atoms with Crippen LogP contribution >= 0.6 is 0 Å². The van der Waals surface area contributed by atoms with Crippen LogP contribution in [0.15, 0.2) is 152 Å². The minimum atomic E-state index is -4.00. The van der Waals surface area contributed by atoms with Crippen molar-refractivity contribution in [3.63, 3.8) is 0 Å². The Balaban J connectivity index is 0.000000166. The summed E-state index contributed by atoms with van der Waals surface area (Å²) in [6.07, 6.45) is 1.43. The second-order valence-electron chi connectivity index (χ2n) is 15.8. The SMILES string of the molecule is Cc1cc(F)ccc1[C@@H](NS(=O)(=O)c1ccc2c(c1)OCCCO2)c1cc2ccccc2o1.Cc1cc(F)ccc1[C@H](NS(=O)(=O)c1ccc2c(c1)OCCCO2)c1cc2ccccc2o1. The summed E-state index contributed by atoms with van der Waals surface area (Å²) in [5.74, 6) is 1.80. The molecule has 16 heteroatoms. The molecule has 0 saturated carbocycles. The Labute approximate surface area is 380 Å². The first-order chi connectivity index (χ1) is 31.8. The summed E-state index contributed by atoms with van der Waals surface area (Å²) in [7, 11) is -8.01. The number of furan rings is 2. The van der Waals surface area contributed by atoms with Crippen molar-refractivity contribution >= 4 is 42.0 Å². The van der Waals surface area contributed by atoms with Crippen molar-refractivity contribution in [1.29, 1.82) is 0 Å². The van der Waals surface area contributed by atoms with Gasteiger partial charge < -0.3 is 27.8 Å². The number of halogens is 2. The first-order valence-corrected chi connectivity index (χ1v) is 24.1. The molecule has 8 aromatic rings. The van der Waals surface area contributed by atoms with Crippen LogP contribution in [0.1, 0.15) is 58.7 Å². The molecule has 2 aromatic heterocycles. The lowest BCUT2D eigenvalue weighted by Gasteiger charge is -2.20. The molecule has 0 amide bonds. The van der Waals surface area contributed by atoms with Crippen LogP contribution in [0.3, 0.4) is 0 Å². The van der Waals surface area contributed by atoms with Crippen molar-refractivity contribution in [2.75, 3.05) is 26.4 Å². The van der Waals surface area contributed by atoms with E-state index in [0.29, 0.717) is 107 Å². The molecule has 0 unspecified atom stereocenters. The smallest absolute Gasteiger partial charge is 0.241 e. The summed E-state index contributed by atoms with van der Waals surface area (Å²) in [6.45, 7) is 5.37. The second kappa shape index (κ2) is 18.6. The number of benzene rings is 6. The highest BCUT2D eigenvalue weighted by Gasteiger charge is 2.30. The maximum Gasteiger partial charge on any atom is 0.241 e. The summed E-state index contributed by atoms with van der Waals surface area (Å²) in [5, 5.41) is 1.68. The topological polar surface area (TPSA) is 156 Å². The molecule has 0 aliphatic carbocycles. The second-order valence-corrected chi connectivity index (χ2v) is 19.2. The lowest BCUT2D eigenvalue weighted by Crippen LogP contribution is -2.29. The van der Waals surface area contributed by atoms with Crippen LogP contribution in [0.5, 0.6) is 23.0 Å². The third-order valence-electron chi connectivity index (χ3n) is 11.1. The molecule has 2 atom stereocenters. The van der Waals surface area contributed by atoms with Crippen molar-refractivity contribution in [1.82, 2.24) is 9.44 Å². The number of nitrogens with one attached hydrogen (secondary N) is 2. The zero-order valence-corrected chi connectivity index (χ0v) is 37.4. The van der Waals surface area contributed by atoms with E-state index in [-0.39, 0.29) is 9.79 Å². The van der Waals surface area contributed by atoms with E-state index in [4.69, 9.17) is 27.8 Å². The van der Waals surface area contributed by atoms with E-state index in [1.54, 1.807) is 50.2 Å². The van der Waals surface area contributed by atoms with Gasteiger partial charge in [-0.15, -0.1) is 0 Å². The Hall–Kier alpha value is -6.72. The molecule has 0 radical (unpaired) electrons. The highest BCUT2D eigenvalue weighted by molar-refractivity contribution is 7.89. The van der Waals surface area contributed by atoms with Crippen LogP contribution in [-0.4, -0.2) is 43.3 Å². The molecular formula is C50H44F2N2O10S2. The predicted molar refractivity (Wildman–Crippen MR) is 243 cm³/mol. The fourth-order valence-corrected chi connectivity index (χ4v) is 10.2. The Bertz CT molecular complexity index is 3010. The van der Waals surface area contributed by atoms with Gasteiger partial charge in [-0.2, -0.15) is 9.44 Å². The highest BCUT2D eigenvalue weighted by atomic mass is 32.2. The van der Waals surface area contributed by atoms with E-state index >= 15 is 0 Å². The van der Waals surface area contributed by atoms with E-state index in [2.05, 4.69) is 9.44 Å². The molecule has 2 aliphatic rings. The maximum absolute atomic E-state index is 13.8. The number of fused-ring (bicyclic) bond motifs is 4. The number of para-hydroxylation sites is 2. The Kier molecular flexibility index (Phi) is 12.6. The normalized spacial score (nSPS) is 14.7. The molecule has 2 aliphatic heterocycles. The Morgan fingerprint density at radius 2 is 0.864 bits per heavy atom. The summed E-state index contributed by atoms with van der Waals surface area (Å²) in [6, 6.07) is 34.2. The van der Waals surface area contributed by atoms with Gasteiger partial charge in [-0.25, -0.2) is 25.6 Å². The van der Waals surface area contributed by atoms with E-state index in [9.17, 15) is 25.6 Å². The Morgan fingerprint density at radius 3 is 1.26 bits per heavy atom. The van der Waals surface area contributed by atoms with Crippen LogP contribution in [0.4, 0.5) is 8.78 Å². The minimum absolute atomic E-state index is 0.0348. The molecule has 0 bridgehead atoms. The molecule has 0 fully saturated rings. The average Bonchev–Trinajstić information content (AvgIpc) is 3.76. The number of hydrogen-bond donors (Lipinski definition) is 2. The maximum atomic E-state index is 13.8. The fraction of sp³-hybridized carbons (Fsp3) is 0.200. The van der Waals surface area contributed by atoms with Crippen molar-refractivity contribution in [2.24, 2.45) is 0 Å². The first-order valence-electron chi connectivity index (χ1n) is 21.1. The van der Waals surface area contributed by atoms with Crippen molar-refractivity contribution in [2.45, 2.75) is 48.6 Å². The number of rotatable bonds is 10. The monoisotopic (exact) mass is 934 g/mol. The van der Waals surface area contributed by atoms with Crippen LogP contribution < -0.4 is 28.4 Å². The minimum Gasteiger partial charge on any atom is -0.490 e. The van der Waals surface area contributed by atoms with Gasteiger partial charge in [-0.05, 0) is 109 Å². The van der Waals surface area contributed by atoms with Gasteiger partial charge in [0.15, 0.2) is 23.0 Å². The summed E-state index contributed by atoms with van der Waals surface area (Å²) in [4.78, 5) is 0.0697. The van der Waals surface area contributed by atoms with Gasteiger partial charge in [-0.1, -0.05) is 48.5 Å². The number of ether oxygens (including phenoxy) is 4. The molecule has 12 nitrogen and oxygen atoms in total. The quantitative estimate of drug-likeness (QED) is 0.135. The van der Waals surface area contributed by atoms with Crippen LogP contribution in [0, 0.1) is 25.5 Å². The van der Waals surface area contributed by atoms with Gasteiger partial charge in [0.25, 0.3) is 0 Å². The average molecular weight is 935 g/mol. The molecule has 0 saturated heterocycles. The van der Waals surface area contributed by atoms with Crippen LogP contribution in [0.25, 0.3) is 21.9 Å². The highest BCUT2D eigenvalue weighted by Crippen LogP contribution is 2.37. The van der Waals surface area contributed by atoms with Crippen LogP contribution in [0.2, 0.25) is 0 Å². The molecule has 2 N–H and O–H groups in total. The summed E-state index contributed by atoms with van der Waals surface area (Å²) in [5.41, 5.74) is 3.64. The molecular weight excluding hydrogens is 891 g/mol. The zero-order valence-electron chi connectivity index (χ0n) is 35.8. The van der Waals surface area contributed by atoms with E-state index < -0.39 is 43.8 Å². The molecule has 4 heterocycles. The van der Waals surface area contributed by atoms with Gasteiger partial charge in [-0.3, -0.25) is 0 Å². The predicted octanol–water partition coefficient (Wildman–Crippen LogP) is 10.2. The van der Waals surface area contributed by atoms with Crippen molar-refractivity contribution < 1.29 is 53.4 Å². The van der Waals surface area contributed by atoms with Gasteiger partial charge in [0.1, 0.15) is 46.4 Å². The molecule has 340 valence electrons. The van der Waals surface area contributed by atoms with Gasteiger partial charge >= 0.3 is 0 Å². The number of aryl methyl sites for hydroxylation is 2. The molecule has 66 heavy (non-hydrogen) atoms.